The molecule has 0 aromatic carbocycles. The molecule has 0 unspecified atom stereocenters. The topological polar surface area (TPSA) is 92.3 Å². The van der Waals surface area contributed by atoms with Gasteiger partial charge < -0.3 is 10.6 Å². The second kappa shape index (κ2) is 13.9. The summed E-state index contributed by atoms with van der Waals surface area (Å²) < 4.78 is 24.1. The molecule has 0 heterocycles. The molecule has 0 saturated carbocycles. The summed E-state index contributed by atoms with van der Waals surface area (Å²) in [6.07, 6.45) is 7.65. The first-order chi connectivity index (χ1) is 11.8. The summed E-state index contributed by atoms with van der Waals surface area (Å²) in [5.41, 5.74) is 0. The zero-order chi connectivity index (χ0) is 19.1. The summed E-state index contributed by atoms with van der Waals surface area (Å²) in [5.74, 6) is -0.381. The quantitative estimate of drug-likeness (QED) is 0.340. The minimum Gasteiger partial charge on any atom is -0.356 e. The molecule has 0 aromatic heterocycles. The first-order valence-corrected chi connectivity index (χ1v) is 10.9. The fourth-order valence-electron chi connectivity index (χ4n) is 2.20. The van der Waals surface area contributed by atoms with Gasteiger partial charge in [-0.15, -0.1) is 6.58 Å². The summed E-state index contributed by atoms with van der Waals surface area (Å²) in [5, 5.41) is 4.51. The Morgan fingerprint density at radius 2 is 1.72 bits per heavy atom. The van der Waals surface area contributed by atoms with Crippen molar-refractivity contribution in [2.45, 2.75) is 70.5 Å². The third kappa shape index (κ3) is 11.8. The van der Waals surface area contributed by atoms with Gasteiger partial charge in [0.05, 0.1) is 5.75 Å². The molecule has 1 atom stereocenters. The van der Waals surface area contributed by atoms with E-state index >= 15 is 0 Å². The van der Waals surface area contributed by atoms with E-state index in [9.17, 15) is 18.0 Å². The summed E-state index contributed by atoms with van der Waals surface area (Å²) in [6, 6.07) is 0. The van der Waals surface area contributed by atoms with Crippen molar-refractivity contribution in [2.75, 3.05) is 18.8 Å². The largest absolute Gasteiger partial charge is 0.356 e. The zero-order valence-corrected chi connectivity index (χ0v) is 16.5. The Morgan fingerprint density at radius 3 is 2.36 bits per heavy atom. The van der Waals surface area contributed by atoms with Crippen LogP contribution >= 0.6 is 0 Å². The number of hydrogen-bond acceptors (Lipinski definition) is 4. The minimum absolute atomic E-state index is 0.000744. The second-order valence-electron chi connectivity index (χ2n) is 6.25. The van der Waals surface area contributed by atoms with Crippen LogP contribution in [0.4, 0.5) is 0 Å². The molecule has 7 heteroatoms. The number of unbranched alkanes of at least 4 members (excludes halogenated alkanes) is 4. The van der Waals surface area contributed by atoms with Crippen molar-refractivity contribution in [1.82, 2.24) is 10.6 Å². The Balaban J connectivity index is 3.85. The third-order valence-corrected chi connectivity index (χ3v) is 6.13. The van der Waals surface area contributed by atoms with Crippen LogP contribution in [0, 0.1) is 0 Å². The number of hydrogen-bond donors (Lipinski definition) is 2. The average molecular weight is 375 g/mol. The van der Waals surface area contributed by atoms with Crippen LogP contribution in [0.2, 0.25) is 0 Å². The number of carbonyl (C=O) groups excluding carboxylic acids is 2. The normalized spacial score (nSPS) is 12.4. The number of nitrogens with one attached hydrogen (secondary N) is 2. The van der Waals surface area contributed by atoms with E-state index in [-0.39, 0.29) is 11.7 Å². The molecule has 0 bridgehead atoms. The lowest BCUT2D eigenvalue weighted by Gasteiger charge is -2.13. The van der Waals surface area contributed by atoms with Crippen LogP contribution in [0.3, 0.4) is 0 Å². The molecule has 0 aliphatic carbocycles. The smallest absolute Gasteiger partial charge is 0.238 e. The monoisotopic (exact) mass is 374 g/mol. The molecule has 6 nitrogen and oxygen atoms in total. The summed E-state index contributed by atoms with van der Waals surface area (Å²) in [6.45, 7) is 8.22. The van der Waals surface area contributed by atoms with Crippen LogP contribution in [0.1, 0.15) is 65.2 Å². The van der Waals surface area contributed by atoms with Gasteiger partial charge in [0.25, 0.3) is 0 Å². The molecular formula is C18H34N2O4S. The number of sulfone groups is 1. The van der Waals surface area contributed by atoms with Gasteiger partial charge >= 0.3 is 0 Å². The average Bonchev–Trinajstić information content (AvgIpc) is 2.57. The molecule has 0 spiro atoms. The molecular weight excluding hydrogens is 340 g/mol. The van der Waals surface area contributed by atoms with E-state index in [1.807, 2.05) is 0 Å². The molecule has 0 aliphatic heterocycles. The Kier molecular flexibility index (Phi) is 13.1. The van der Waals surface area contributed by atoms with E-state index in [2.05, 4.69) is 24.1 Å². The predicted octanol–water partition coefficient (Wildman–Crippen LogP) is 2.35. The maximum atomic E-state index is 12.0. The SMILES string of the molecule is C=CCCCS(=O)(=O)[C@@H](C)C(=O)NCCCCCC(=O)NCCCC. The first kappa shape index (κ1) is 23.6. The molecule has 2 N–H and O–H groups in total. The summed E-state index contributed by atoms with van der Waals surface area (Å²) >= 11 is 0. The van der Waals surface area contributed by atoms with Crippen LogP contribution in [0.25, 0.3) is 0 Å². The van der Waals surface area contributed by atoms with Crippen molar-refractivity contribution < 1.29 is 18.0 Å². The van der Waals surface area contributed by atoms with Crippen molar-refractivity contribution in [2.24, 2.45) is 0 Å². The van der Waals surface area contributed by atoms with Gasteiger partial charge in [-0.05, 0) is 39.0 Å². The van der Waals surface area contributed by atoms with Crippen molar-refractivity contribution in [3.8, 4) is 0 Å². The number of amides is 2. The zero-order valence-electron chi connectivity index (χ0n) is 15.7. The number of carbonyl (C=O) groups is 2. The van der Waals surface area contributed by atoms with Crippen LogP contribution < -0.4 is 10.6 Å². The van der Waals surface area contributed by atoms with Gasteiger partial charge in [-0.25, -0.2) is 8.42 Å². The highest BCUT2D eigenvalue weighted by molar-refractivity contribution is 7.92. The molecule has 0 fully saturated rings. The van der Waals surface area contributed by atoms with Crippen LogP contribution in [-0.4, -0.2) is 44.3 Å². The van der Waals surface area contributed by atoms with Gasteiger partial charge in [-0.2, -0.15) is 0 Å². The molecule has 25 heavy (non-hydrogen) atoms. The molecule has 146 valence electrons. The lowest BCUT2D eigenvalue weighted by atomic mass is 10.2. The Morgan fingerprint density at radius 1 is 1.04 bits per heavy atom. The van der Waals surface area contributed by atoms with E-state index in [1.165, 1.54) is 6.92 Å². The fraction of sp³-hybridized carbons (Fsp3) is 0.778. The van der Waals surface area contributed by atoms with Gasteiger partial charge in [0.1, 0.15) is 5.25 Å². The Bertz CT molecular complexity index is 503. The van der Waals surface area contributed by atoms with Gasteiger partial charge in [-0.3, -0.25) is 9.59 Å². The van der Waals surface area contributed by atoms with Gasteiger partial charge in [0.2, 0.25) is 11.8 Å². The molecule has 0 aliphatic rings. The number of allylic oxidation sites excluding steroid dienone is 1. The van der Waals surface area contributed by atoms with E-state index in [4.69, 9.17) is 0 Å². The van der Waals surface area contributed by atoms with Crippen molar-refractivity contribution in [3.05, 3.63) is 12.7 Å². The summed E-state index contributed by atoms with van der Waals surface area (Å²) in [7, 11) is -3.41. The van der Waals surface area contributed by atoms with Gasteiger partial charge in [-0.1, -0.05) is 25.8 Å². The van der Waals surface area contributed by atoms with Gasteiger partial charge in [0, 0.05) is 19.5 Å². The standard InChI is InChI=1S/C18H34N2O4S/c1-4-6-11-15-25(23,24)16(3)18(22)20-14-10-8-9-12-17(21)19-13-7-5-2/h4,16H,1,5-15H2,2-3H3,(H,19,21)(H,20,22)/t16-/m0/s1. The lowest BCUT2D eigenvalue weighted by Crippen LogP contribution is -2.39. The van der Waals surface area contributed by atoms with E-state index < -0.39 is 21.0 Å². The van der Waals surface area contributed by atoms with Gasteiger partial charge in [0.15, 0.2) is 9.84 Å². The molecule has 0 rings (SSSR count). The van der Waals surface area contributed by atoms with Crippen LogP contribution in [-0.2, 0) is 19.4 Å². The summed E-state index contributed by atoms with van der Waals surface area (Å²) in [4.78, 5) is 23.4. The molecule has 2 amide bonds. The van der Waals surface area contributed by atoms with Crippen molar-refractivity contribution in [3.63, 3.8) is 0 Å². The molecule has 0 saturated heterocycles. The fourth-order valence-corrected chi connectivity index (χ4v) is 3.54. The Hall–Kier alpha value is -1.37. The van der Waals surface area contributed by atoms with Crippen LogP contribution in [0.5, 0.6) is 0 Å². The Labute approximate surface area is 152 Å². The third-order valence-electron chi connectivity index (χ3n) is 3.98. The van der Waals surface area contributed by atoms with Crippen LogP contribution in [0.15, 0.2) is 12.7 Å². The maximum absolute atomic E-state index is 12.0. The minimum atomic E-state index is -3.41. The highest BCUT2D eigenvalue weighted by Crippen LogP contribution is 2.06. The predicted molar refractivity (Wildman–Crippen MR) is 102 cm³/mol. The van der Waals surface area contributed by atoms with Crippen molar-refractivity contribution in [1.29, 1.82) is 0 Å². The van der Waals surface area contributed by atoms with Crippen molar-refractivity contribution >= 4 is 21.7 Å². The molecule has 0 aromatic rings. The van der Waals surface area contributed by atoms with E-state index in [1.54, 1.807) is 6.08 Å². The highest BCUT2D eigenvalue weighted by atomic mass is 32.2. The second-order valence-corrected chi connectivity index (χ2v) is 8.69. The lowest BCUT2D eigenvalue weighted by molar-refractivity contribution is -0.121. The van der Waals surface area contributed by atoms with E-state index in [0.29, 0.717) is 25.8 Å². The van der Waals surface area contributed by atoms with E-state index in [0.717, 1.165) is 38.6 Å². The highest BCUT2D eigenvalue weighted by Gasteiger charge is 2.26. The first-order valence-electron chi connectivity index (χ1n) is 9.22. The maximum Gasteiger partial charge on any atom is 0.238 e. The number of rotatable bonds is 15. The molecule has 0 radical (unpaired) electrons.